The van der Waals surface area contributed by atoms with Crippen molar-refractivity contribution in [1.29, 1.82) is 0 Å². The van der Waals surface area contributed by atoms with E-state index in [4.69, 9.17) is 9.98 Å². The quantitative estimate of drug-likeness (QED) is 0.115. The van der Waals surface area contributed by atoms with E-state index < -0.39 is 0 Å². The highest BCUT2D eigenvalue weighted by Crippen LogP contribution is 2.38. The van der Waals surface area contributed by atoms with Crippen LogP contribution >= 0.6 is 0 Å². The van der Waals surface area contributed by atoms with E-state index in [1.807, 2.05) is 55.5 Å². The molecule has 0 bridgehead atoms. The van der Waals surface area contributed by atoms with E-state index in [0.717, 1.165) is 40.8 Å². The summed E-state index contributed by atoms with van der Waals surface area (Å²) in [7, 11) is 0. The largest absolute Gasteiger partial charge is 0.233 e. The van der Waals surface area contributed by atoms with Crippen LogP contribution in [0.3, 0.4) is 0 Å². The number of allylic oxidation sites excluding steroid dienone is 4. The number of hydrogen-bond acceptors (Lipinski definition) is 1. The molecule has 0 saturated carbocycles. The molecule has 2 heteroatoms. The number of aliphatic imine (C=N–C) groups is 2. The Bertz CT molecular complexity index is 2300. The van der Waals surface area contributed by atoms with Crippen molar-refractivity contribution in [3.05, 3.63) is 209 Å². The van der Waals surface area contributed by atoms with Gasteiger partial charge in [0.1, 0.15) is 0 Å². The second kappa shape index (κ2) is 15.2. The zero-order valence-electron chi connectivity index (χ0n) is 29.6. The fourth-order valence-electron chi connectivity index (χ4n) is 6.95. The first-order chi connectivity index (χ1) is 25.0. The Hall–Kier alpha value is -6.12. The maximum Gasteiger partial charge on any atom is 0.160 e. The predicted octanol–water partition coefficient (Wildman–Crippen LogP) is 12.8. The lowest BCUT2D eigenvalue weighted by atomic mass is 9.85. The summed E-state index contributed by atoms with van der Waals surface area (Å²) >= 11 is 0. The van der Waals surface area contributed by atoms with Gasteiger partial charge in [0.2, 0.25) is 0 Å². The van der Waals surface area contributed by atoms with Crippen LogP contribution in [-0.4, -0.2) is 11.5 Å². The number of rotatable bonds is 8. The topological polar surface area (TPSA) is 24.7 Å². The van der Waals surface area contributed by atoms with Gasteiger partial charge in [-0.05, 0) is 100 Å². The van der Waals surface area contributed by atoms with E-state index in [9.17, 15) is 0 Å². The standard InChI is InChI=1S/C49H42N2/c1-34-45(42-28-26-41(27-29-42)40-20-12-7-13-21-40)22-14-24-47(34)48-25-15-23-46(35(48)2)43-30-32-44(33-31-43)49(50-36(3)38-16-8-5-9-17-38)51-37(4)39-18-10-6-11-19-39/h5-26,28,30-33H,3,27,29H2,1-2,4H3. The van der Waals surface area contributed by atoms with Gasteiger partial charge in [0, 0.05) is 11.3 Å². The number of nitrogens with zero attached hydrogens (tertiary/aromatic N) is 2. The molecule has 0 radical (unpaired) electrons. The summed E-state index contributed by atoms with van der Waals surface area (Å²) in [5.41, 5.74) is 17.5. The van der Waals surface area contributed by atoms with E-state index in [2.05, 4.69) is 136 Å². The monoisotopic (exact) mass is 658 g/mol. The van der Waals surface area contributed by atoms with Crippen molar-refractivity contribution in [2.75, 3.05) is 0 Å². The van der Waals surface area contributed by atoms with Gasteiger partial charge >= 0.3 is 0 Å². The lowest BCUT2D eigenvalue weighted by molar-refractivity contribution is 1.07. The highest BCUT2D eigenvalue weighted by atomic mass is 14.9. The van der Waals surface area contributed by atoms with Crippen LogP contribution < -0.4 is 0 Å². The van der Waals surface area contributed by atoms with Crippen molar-refractivity contribution in [3.8, 4) is 22.3 Å². The minimum Gasteiger partial charge on any atom is -0.233 e. The molecule has 0 saturated heterocycles. The molecule has 0 amide bonds. The Kier molecular flexibility index (Phi) is 9.94. The zero-order valence-corrected chi connectivity index (χ0v) is 29.6. The van der Waals surface area contributed by atoms with E-state index in [1.54, 1.807) is 0 Å². The van der Waals surface area contributed by atoms with Crippen LogP contribution in [0.25, 0.3) is 39.1 Å². The van der Waals surface area contributed by atoms with Gasteiger partial charge in [0.15, 0.2) is 5.84 Å². The van der Waals surface area contributed by atoms with Gasteiger partial charge < -0.3 is 0 Å². The van der Waals surface area contributed by atoms with Gasteiger partial charge in [0.05, 0.1) is 5.70 Å². The summed E-state index contributed by atoms with van der Waals surface area (Å²) in [5.74, 6) is 0.637. The maximum absolute atomic E-state index is 5.03. The average molecular weight is 659 g/mol. The highest BCUT2D eigenvalue weighted by Gasteiger charge is 2.16. The SMILES string of the molecule is C=C(N=C(N=C(C)c1ccccc1)c1ccc(-c2cccc(-c3cccc(C4=CC=C(c5ccccc5)CC4)c3C)c2C)cc1)c1ccccc1. The first kappa shape index (κ1) is 33.4. The van der Waals surface area contributed by atoms with Crippen molar-refractivity contribution >= 4 is 28.4 Å². The molecule has 0 N–H and O–H groups in total. The minimum absolute atomic E-state index is 0.637. The fourth-order valence-corrected chi connectivity index (χ4v) is 6.95. The number of amidine groups is 1. The Labute approximate surface area is 302 Å². The summed E-state index contributed by atoms with van der Waals surface area (Å²) in [6.07, 6.45) is 6.71. The Morgan fingerprint density at radius 2 is 0.961 bits per heavy atom. The van der Waals surface area contributed by atoms with Crippen molar-refractivity contribution in [2.45, 2.75) is 33.6 Å². The van der Waals surface area contributed by atoms with Crippen LogP contribution in [0.1, 0.15) is 58.7 Å². The second-order valence-corrected chi connectivity index (χ2v) is 13.1. The smallest absolute Gasteiger partial charge is 0.160 e. The molecular weight excluding hydrogens is 617 g/mol. The molecule has 0 heterocycles. The molecule has 0 atom stereocenters. The first-order valence-electron chi connectivity index (χ1n) is 17.7. The predicted molar refractivity (Wildman–Crippen MR) is 219 cm³/mol. The van der Waals surface area contributed by atoms with Crippen molar-refractivity contribution in [3.63, 3.8) is 0 Å². The van der Waals surface area contributed by atoms with Crippen molar-refractivity contribution in [1.82, 2.24) is 0 Å². The molecule has 0 unspecified atom stereocenters. The third-order valence-corrected chi connectivity index (χ3v) is 9.86. The Morgan fingerprint density at radius 1 is 0.451 bits per heavy atom. The first-order valence-corrected chi connectivity index (χ1v) is 17.7. The molecular formula is C49H42N2. The Balaban J connectivity index is 1.20. The van der Waals surface area contributed by atoms with Crippen molar-refractivity contribution in [2.24, 2.45) is 9.98 Å². The van der Waals surface area contributed by atoms with Crippen molar-refractivity contribution < 1.29 is 0 Å². The normalized spacial score (nSPS) is 13.4. The third-order valence-electron chi connectivity index (χ3n) is 9.86. The highest BCUT2D eigenvalue weighted by molar-refractivity contribution is 6.12. The summed E-state index contributed by atoms with van der Waals surface area (Å²) in [6, 6.07) is 53.0. The third kappa shape index (κ3) is 7.41. The van der Waals surface area contributed by atoms with Gasteiger partial charge in [0.25, 0.3) is 0 Å². The zero-order chi connectivity index (χ0) is 35.2. The summed E-state index contributed by atoms with van der Waals surface area (Å²) < 4.78 is 0. The molecule has 7 rings (SSSR count). The van der Waals surface area contributed by atoms with Gasteiger partial charge in [-0.25, -0.2) is 9.98 Å². The molecule has 6 aromatic carbocycles. The van der Waals surface area contributed by atoms with Crippen LogP contribution in [0.4, 0.5) is 0 Å². The minimum atomic E-state index is 0.637. The summed E-state index contributed by atoms with van der Waals surface area (Å²) in [6.45, 7) is 10.8. The molecule has 51 heavy (non-hydrogen) atoms. The molecule has 1 aliphatic rings. The molecule has 2 nitrogen and oxygen atoms in total. The molecule has 1 aliphatic carbocycles. The van der Waals surface area contributed by atoms with Crippen LogP contribution in [0.2, 0.25) is 0 Å². The molecule has 248 valence electrons. The lowest BCUT2D eigenvalue weighted by Gasteiger charge is -2.20. The number of benzene rings is 6. The summed E-state index contributed by atoms with van der Waals surface area (Å²) in [5, 5.41) is 0. The molecule has 0 fully saturated rings. The van der Waals surface area contributed by atoms with Gasteiger partial charge in [-0.15, -0.1) is 0 Å². The van der Waals surface area contributed by atoms with Crippen LogP contribution in [-0.2, 0) is 0 Å². The second-order valence-electron chi connectivity index (χ2n) is 13.1. The van der Waals surface area contributed by atoms with Gasteiger partial charge in [-0.1, -0.05) is 170 Å². The Morgan fingerprint density at radius 3 is 1.57 bits per heavy atom. The van der Waals surface area contributed by atoms with E-state index in [0.29, 0.717) is 11.5 Å². The molecule has 0 aromatic heterocycles. The average Bonchev–Trinajstić information content (AvgIpc) is 3.19. The van der Waals surface area contributed by atoms with E-state index in [-0.39, 0.29) is 0 Å². The molecule has 6 aromatic rings. The van der Waals surface area contributed by atoms with E-state index >= 15 is 0 Å². The fraction of sp³-hybridized carbons (Fsp3) is 0.102. The van der Waals surface area contributed by atoms with Gasteiger partial charge in [-0.2, -0.15) is 0 Å². The molecule has 0 aliphatic heterocycles. The lowest BCUT2D eigenvalue weighted by Crippen LogP contribution is -2.04. The van der Waals surface area contributed by atoms with Crippen LogP contribution in [0, 0.1) is 13.8 Å². The maximum atomic E-state index is 5.03. The van der Waals surface area contributed by atoms with Crippen LogP contribution in [0.5, 0.6) is 0 Å². The summed E-state index contributed by atoms with van der Waals surface area (Å²) in [4.78, 5) is 9.99. The van der Waals surface area contributed by atoms with Gasteiger partial charge in [-0.3, -0.25) is 0 Å². The number of hydrogen-bond donors (Lipinski definition) is 0. The molecule has 0 spiro atoms. The van der Waals surface area contributed by atoms with E-state index in [1.165, 1.54) is 50.1 Å². The van der Waals surface area contributed by atoms with Crippen LogP contribution in [0.15, 0.2) is 180 Å².